The predicted molar refractivity (Wildman–Crippen MR) is 53.9 cm³/mol. The number of hydrogen-bond donors (Lipinski definition) is 3. The van der Waals surface area contributed by atoms with E-state index < -0.39 is 0 Å². The second kappa shape index (κ2) is 80.2. The van der Waals surface area contributed by atoms with Crippen LogP contribution in [-0.2, 0) is 21.7 Å². The normalized spacial score (nSPS) is 5.54. The Labute approximate surface area is 98.1 Å². The summed E-state index contributed by atoms with van der Waals surface area (Å²) >= 11 is 0. The Morgan fingerprint density at radius 3 is 0.769 bits per heavy atom. The summed E-state index contributed by atoms with van der Waals surface area (Å²) in [6.45, 7) is 11.3. The fourth-order valence-corrected chi connectivity index (χ4v) is 0. The largest absolute Gasteiger partial charge is 0.397 e. The molecule has 0 aromatic heterocycles. The quantitative estimate of drug-likeness (QED) is 0.432. The fourth-order valence-electron chi connectivity index (χ4n) is 0. The van der Waals surface area contributed by atoms with Crippen LogP contribution in [0, 0.1) is 6.92 Å². The van der Waals surface area contributed by atoms with E-state index in [-0.39, 0.29) is 41.5 Å². The van der Waals surface area contributed by atoms with E-state index in [1.807, 2.05) is 6.92 Å². The average Bonchev–Trinajstić information content (AvgIpc) is 1.92. The van der Waals surface area contributed by atoms with Crippen LogP contribution in [0.4, 0.5) is 0 Å². The van der Waals surface area contributed by atoms with E-state index >= 15 is 0 Å². The average molecular weight is 229 g/mol. The first-order valence-corrected chi connectivity index (χ1v) is 4.28. The van der Waals surface area contributed by atoms with Crippen molar-refractivity contribution in [2.45, 2.75) is 34.1 Å². The van der Waals surface area contributed by atoms with E-state index in [4.69, 9.17) is 15.3 Å². The van der Waals surface area contributed by atoms with Gasteiger partial charge in [0.15, 0.2) is 0 Å². The minimum Gasteiger partial charge on any atom is -0.397 e. The first kappa shape index (κ1) is 29.2. The first-order chi connectivity index (χ1) is 5.66. The molecule has 0 unspecified atom stereocenters. The van der Waals surface area contributed by atoms with Gasteiger partial charge in [-0.2, -0.15) is 6.42 Å². The molecule has 0 bridgehead atoms. The van der Waals surface area contributed by atoms with Crippen LogP contribution in [0.5, 0.6) is 0 Å². The maximum absolute atomic E-state index is 7.57. The molecule has 4 heteroatoms. The third-order valence-electron chi connectivity index (χ3n) is 0. The van der Waals surface area contributed by atoms with Crippen LogP contribution in [0.25, 0.3) is 0 Å². The summed E-state index contributed by atoms with van der Waals surface area (Å²) in [4.78, 5) is 0. The summed E-state index contributed by atoms with van der Waals surface area (Å²) in [6.07, 6.45) is 1.00. The maximum atomic E-state index is 7.57. The van der Waals surface area contributed by atoms with Crippen molar-refractivity contribution in [3.63, 3.8) is 0 Å². The van der Waals surface area contributed by atoms with E-state index in [2.05, 4.69) is 6.92 Å². The van der Waals surface area contributed by atoms with Crippen LogP contribution in [-0.4, -0.2) is 35.1 Å². The Bertz CT molecular complexity index is 22.8. The molecule has 0 saturated heterocycles. The van der Waals surface area contributed by atoms with Crippen LogP contribution in [0.2, 0.25) is 0 Å². The summed E-state index contributed by atoms with van der Waals surface area (Å²) in [5.41, 5.74) is 0. The molecule has 84 valence electrons. The first-order valence-electron chi connectivity index (χ1n) is 4.28. The zero-order valence-corrected chi connectivity index (χ0v) is 10.9. The summed E-state index contributed by atoms with van der Waals surface area (Å²) < 4.78 is 0. The molecule has 0 aliphatic rings. The second-order valence-corrected chi connectivity index (χ2v) is 1.45. The van der Waals surface area contributed by atoms with Gasteiger partial charge < -0.3 is 22.2 Å². The molecular formula is C9H25O3Ti-. The van der Waals surface area contributed by atoms with Crippen LogP contribution in [0.1, 0.15) is 34.1 Å². The molecule has 0 spiro atoms. The molecule has 0 aliphatic carbocycles. The number of aliphatic hydroxyl groups excluding tert-OH is 3. The number of aliphatic hydroxyl groups is 3. The van der Waals surface area contributed by atoms with Crippen molar-refractivity contribution in [1.82, 2.24) is 0 Å². The van der Waals surface area contributed by atoms with E-state index in [0.29, 0.717) is 0 Å². The molecule has 0 saturated carbocycles. The zero-order chi connectivity index (χ0) is 10.8. The van der Waals surface area contributed by atoms with Gasteiger partial charge in [-0.15, -0.1) is 0 Å². The molecule has 0 amide bonds. The smallest absolute Gasteiger partial charge is 0.0402 e. The van der Waals surface area contributed by atoms with Gasteiger partial charge in [0, 0.05) is 41.5 Å². The van der Waals surface area contributed by atoms with Gasteiger partial charge >= 0.3 is 0 Å². The molecule has 0 radical (unpaired) electrons. The van der Waals surface area contributed by atoms with Crippen molar-refractivity contribution in [1.29, 1.82) is 0 Å². The van der Waals surface area contributed by atoms with Crippen LogP contribution in [0.15, 0.2) is 0 Å². The summed E-state index contributed by atoms with van der Waals surface area (Å²) in [6, 6.07) is 0. The Hall–Kier alpha value is 0.594. The van der Waals surface area contributed by atoms with E-state index in [0.717, 1.165) is 6.42 Å². The monoisotopic (exact) mass is 229 g/mol. The standard InChI is InChI=1S/C3H7.3C2H6O.Ti/c1-3-2;3*1-2-3;/h1,3H2,2H3;3*3H,2H2,1H3;/q-1;;;;. The van der Waals surface area contributed by atoms with Crippen LogP contribution < -0.4 is 0 Å². The Morgan fingerprint density at radius 2 is 0.769 bits per heavy atom. The van der Waals surface area contributed by atoms with E-state index in [9.17, 15) is 0 Å². The molecular weight excluding hydrogens is 204 g/mol. The van der Waals surface area contributed by atoms with Crippen molar-refractivity contribution in [2.24, 2.45) is 0 Å². The minimum atomic E-state index is 0. The topological polar surface area (TPSA) is 60.7 Å². The van der Waals surface area contributed by atoms with Gasteiger partial charge in [0.1, 0.15) is 0 Å². The molecule has 0 aromatic rings. The van der Waals surface area contributed by atoms with Gasteiger partial charge in [-0.3, -0.25) is 0 Å². The molecule has 3 nitrogen and oxygen atoms in total. The van der Waals surface area contributed by atoms with Gasteiger partial charge in [-0.25, -0.2) is 0 Å². The molecule has 0 aliphatic heterocycles. The molecule has 0 aromatic carbocycles. The van der Waals surface area contributed by atoms with Gasteiger partial charge in [-0.1, -0.05) is 6.92 Å². The van der Waals surface area contributed by atoms with E-state index in [1.54, 1.807) is 20.8 Å². The van der Waals surface area contributed by atoms with Gasteiger partial charge in [0.2, 0.25) is 0 Å². The van der Waals surface area contributed by atoms with Gasteiger partial charge in [0.05, 0.1) is 0 Å². The third-order valence-corrected chi connectivity index (χ3v) is 0. The third kappa shape index (κ3) is 4000. The summed E-state index contributed by atoms with van der Waals surface area (Å²) in [5.74, 6) is 0. The molecule has 13 heavy (non-hydrogen) atoms. The van der Waals surface area contributed by atoms with Gasteiger partial charge in [0.25, 0.3) is 0 Å². The van der Waals surface area contributed by atoms with Crippen molar-refractivity contribution >= 4 is 0 Å². The summed E-state index contributed by atoms with van der Waals surface area (Å²) in [7, 11) is 0. The predicted octanol–water partition coefficient (Wildman–Crippen LogP) is 1.22. The summed E-state index contributed by atoms with van der Waals surface area (Å²) in [5, 5.41) is 22.7. The Balaban J connectivity index is -0.0000000213. The van der Waals surface area contributed by atoms with Gasteiger partial charge in [-0.05, 0) is 20.8 Å². The molecule has 0 heterocycles. The molecule has 3 N–H and O–H groups in total. The van der Waals surface area contributed by atoms with E-state index in [1.165, 1.54) is 0 Å². The molecule has 0 atom stereocenters. The SMILES string of the molecule is CCO.CCO.CCO.[CH2-]CC.[Ti]. The van der Waals surface area contributed by atoms with Crippen LogP contribution in [0.3, 0.4) is 0 Å². The van der Waals surface area contributed by atoms with Crippen molar-refractivity contribution in [2.75, 3.05) is 19.8 Å². The Kier molecular flexibility index (Phi) is 180. The van der Waals surface area contributed by atoms with Crippen molar-refractivity contribution in [3.8, 4) is 0 Å². The fraction of sp³-hybridized carbons (Fsp3) is 0.889. The number of rotatable bonds is 0. The zero-order valence-electron chi connectivity index (χ0n) is 9.38. The number of hydrogen-bond acceptors (Lipinski definition) is 3. The van der Waals surface area contributed by atoms with Crippen molar-refractivity contribution < 1.29 is 37.0 Å². The van der Waals surface area contributed by atoms with Crippen LogP contribution >= 0.6 is 0 Å². The van der Waals surface area contributed by atoms with Crippen molar-refractivity contribution in [3.05, 3.63) is 6.92 Å². The molecule has 0 fully saturated rings. The second-order valence-electron chi connectivity index (χ2n) is 1.45. The molecule has 0 rings (SSSR count). The maximum Gasteiger partial charge on any atom is 0.0402 e. The Morgan fingerprint density at radius 1 is 0.769 bits per heavy atom. The minimum absolute atomic E-state index is 0.